The van der Waals surface area contributed by atoms with Gasteiger partial charge >= 0.3 is 0 Å². The monoisotopic (exact) mass is 294 g/mol. The number of piperazine rings is 1. The fourth-order valence-corrected chi connectivity index (χ4v) is 4.02. The Balaban J connectivity index is 1.42. The molecule has 5 rings (SSSR count). The number of hydroxylamine groups is 3. The fourth-order valence-electron chi connectivity index (χ4n) is 4.02. The molecule has 2 unspecified atom stereocenters. The second-order valence-corrected chi connectivity index (χ2v) is 6.72. The molecule has 2 aromatic rings. The minimum Gasteiger partial charge on any atom is -0.632 e. The van der Waals surface area contributed by atoms with Crippen molar-refractivity contribution in [2.24, 2.45) is 0 Å². The van der Waals surface area contributed by atoms with Crippen molar-refractivity contribution >= 4 is 0 Å². The van der Waals surface area contributed by atoms with E-state index in [0.29, 0.717) is 6.54 Å². The lowest BCUT2D eigenvalue weighted by Crippen LogP contribution is -2.76. The average molecular weight is 294 g/mol. The minimum atomic E-state index is -0.00466. The number of benzene rings is 2. The van der Waals surface area contributed by atoms with Crippen molar-refractivity contribution in [2.75, 3.05) is 13.1 Å². The summed E-state index contributed by atoms with van der Waals surface area (Å²) >= 11 is 0. The summed E-state index contributed by atoms with van der Waals surface area (Å²) in [6.45, 7) is 3.47. The average Bonchev–Trinajstić information content (AvgIpc) is 2.57. The van der Waals surface area contributed by atoms with E-state index in [0.717, 1.165) is 26.1 Å². The summed E-state index contributed by atoms with van der Waals surface area (Å²) in [6, 6.07) is 21.3. The molecule has 3 fully saturated rings. The van der Waals surface area contributed by atoms with Crippen LogP contribution in [0.15, 0.2) is 60.7 Å². The molecule has 2 atom stereocenters. The first-order valence-electron chi connectivity index (χ1n) is 8.13. The third kappa shape index (κ3) is 2.45. The SMILES string of the molecule is [O-][N+]1(Cc2ccccc2)C2CC1CN(Cc1ccccc1)C2. The van der Waals surface area contributed by atoms with Crippen LogP contribution < -0.4 is 0 Å². The van der Waals surface area contributed by atoms with Gasteiger partial charge in [-0.15, -0.1) is 0 Å². The molecule has 3 heterocycles. The van der Waals surface area contributed by atoms with Gasteiger partial charge in [-0.1, -0.05) is 60.7 Å². The van der Waals surface area contributed by atoms with Crippen molar-refractivity contribution in [2.45, 2.75) is 31.6 Å². The number of quaternary nitrogens is 1. The Bertz CT molecular complexity index is 616. The maximum atomic E-state index is 13.2. The number of fused-ring (bicyclic) bond motifs is 2. The Morgan fingerprint density at radius 2 is 1.41 bits per heavy atom. The molecule has 0 radical (unpaired) electrons. The molecular formula is C19H22N2O. The molecule has 0 saturated carbocycles. The molecule has 22 heavy (non-hydrogen) atoms. The topological polar surface area (TPSA) is 26.3 Å². The van der Waals surface area contributed by atoms with Gasteiger partial charge in [0, 0.05) is 12.1 Å². The van der Waals surface area contributed by atoms with Crippen molar-refractivity contribution < 1.29 is 4.65 Å². The zero-order valence-electron chi connectivity index (χ0n) is 12.8. The smallest absolute Gasteiger partial charge is 0.108 e. The lowest BCUT2D eigenvalue weighted by Gasteiger charge is -2.66. The van der Waals surface area contributed by atoms with Crippen LogP contribution in [0.3, 0.4) is 0 Å². The van der Waals surface area contributed by atoms with Gasteiger partial charge < -0.3 is 9.85 Å². The van der Waals surface area contributed by atoms with Crippen molar-refractivity contribution in [1.29, 1.82) is 0 Å². The molecule has 0 aliphatic carbocycles. The van der Waals surface area contributed by atoms with E-state index in [9.17, 15) is 5.21 Å². The van der Waals surface area contributed by atoms with Gasteiger partial charge in [-0.2, -0.15) is 0 Å². The van der Waals surface area contributed by atoms with Crippen molar-refractivity contribution in [3.05, 3.63) is 77.0 Å². The van der Waals surface area contributed by atoms with E-state index >= 15 is 0 Å². The molecule has 3 aliphatic rings. The van der Waals surface area contributed by atoms with Crippen LogP contribution in [-0.2, 0) is 13.1 Å². The first kappa shape index (κ1) is 13.9. The van der Waals surface area contributed by atoms with Crippen molar-refractivity contribution in [1.82, 2.24) is 4.90 Å². The minimum absolute atomic E-state index is 0.00466. The summed E-state index contributed by atoms with van der Waals surface area (Å²) in [5, 5.41) is 13.2. The van der Waals surface area contributed by atoms with Crippen molar-refractivity contribution in [3.63, 3.8) is 0 Å². The van der Waals surface area contributed by atoms with E-state index in [1.54, 1.807) is 0 Å². The molecule has 3 heteroatoms. The van der Waals surface area contributed by atoms with E-state index in [1.165, 1.54) is 11.1 Å². The summed E-state index contributed by atoms with van der Waals surface area (Å²) < 4.78 is -0.00466. The van der Waals surface area contributed by atoms with E-state index < -0.39 is 0 Å². The highest BCUT2D eigenvalue weighted by molar-refractivity contribution is 5.16. The van der Waals surface area contributed by atoms with Crippen LogP contribution in [0.5, 0.6) is 0 Å². The van der Waals surface area contributed by atoms with Crippen LogP contribution in [0.25, 0.3) is 0 Å². The summed E-state index contributed by atoms with van der Waals surface area (Å²) in [6.07, 6.45) is 1.10. The molecule has 3 aliphatic heterocycles. The van der Waals surface area contributed by atoms with E-state index in [-0.39, 0.29) is 16.7 Å². The van der Waals surface area contributed by atoms with Crippen LogP contribution in [0.1, 0.15) is 17.5 Å². The number of nitrogens with zero attached hydrogens (tertiary/aromatic N) is 2. The molecule has 2 bridgehead atoms. The largest absolute Gasteiger partial charge is 0.632 e. The third-order valence-electron chi connectivity index (χ3n) is 5.24. The maximum Gasteiger partial charge on any atom is 0.108 e. The van der Waals surface area contributed by atoms with Gasteiger partial charge in [0.05, 0.1) is 19.5 Å². The van der Waals surface area contributed by atoms with Gasteiger partial charge in [0.2, 0.25) is 0 Å². The number of rotatable bonds is 4. The van der Waals surface area contributed by atoms with Gasteiger partial charge in [-0.3, -0.25) is 4.90 Å². The quantitative estimate of drug-likeness (QED) is 0.639. The zero-order valence-corrected chi connectivity index (χ0v) is 12.8. The molecule has 114 valence electrons. The Hall–Kier alpha value is -1.68. The summed E-state index contributed by atoms with van der Waals surface area (Å²) in [7, 11) is 0. The molecular weight excluding hydrogens is 272 g/mol. The number of hydrogen-bond acceptors (Lipinski definition) is 2. The highest BCUT2D eigenvalue weighted by atomic mass is 16.6. The summed E-state index contributed by atoms with van der Waals surface area (Å²) in [5.41, 5.74) is 2.51. The molecule has 0 aromatic heterocycles. The lowest BCUT2D eigenvalue weighted by molar-refractivity contribution is -0.989. The Morgan fingerprint density at radius 1 is 0.864 bits per heavy atom. The number of piperidine rings is 1. The first-order chi connectivity index (χ1) is 10.7. The molecule has 3 nitrogen and oxygen atoms in total. The molecule has 0 amide bonds. The predicted octanol–water partition coefficient (Wildman–Crippen LogP) is 3.16. The van der Waals surface area contributed by atoms with Crippen LogP contribution in [0.4, 0.5) is 0 Å². The Labute approximate surface area is 132 Å². The van der Waals surface area contributed by atoms with Gasteiger partial charge in [-0.25, -0.2) is 0 Å². The Kier molecular flexibility index (Phi) is 3.49. The predicted molar refractivity (Wildman–Crippen MR) is 87.7 cm³/mol. The standard InChI is InChI=1S/C19H22N2O/c22-21(15-17-9-5-2-6-10-17)18-11-19(21)14-20(13-18)12-16-7-3-1-4-8-16/h1-10,18-19H,11-15H2. The molecule has 3 saturated heterocycles. The molecule has 2 aromatic carbocycles. The maximum absolute atomic E-state index is 13.2. The van der Waals surface area contributed by atoms with Crippen molar-refractivity contribution in [3.8, 4) is 0 Å². The van der Waals surface area contributed by atoms with Gasteiger partial charge in [0.15, 0.2) is 0 Å². The van der Waals surface area contributed by atoms with Gasteiger partial charge in [0.1, 0.15) is 18.6 Å². The van der Waals surface area contributed by atoms with Crippen LogP contribution in [0, 0.1) is 5.21 Å². The number of hydrogen-bond donors (Lipinski definition) is 0. The summed E-state index contributed by atoms with van der Waals surface area (Å²) in [5.74, 6) is 0. The zero-order chi connectivity index (χ0) is 15.0. The van der Waals surface area contributed by atoms with E-state index in [2.05, 4.69) is 47.4 Å². The molecule has 0 N–H and O–H groups in total. The normalized spacial score (nSPS) is 30.8. The second kappa shape index (κ2) is 5.51. The van der Waals surface area contributed by atoms with Crippen LogP contribution in [0.2, 0.25) is 0 Å². The van der Waals surface area contributed by atoms with Crippen LogP contribution >= 0.6 is 0 Å². The Morgan fingerprint density at radius 3 is 2.00 bits per heavy atom. The second-order valence-electron chi connectivity index (χ2n) is 6.72. The highest BCUT2D eigenvalue weighted by Gasteiger charge is 2.53. The molecule has 0 spiro atoms. The first-order valence-corrected chi connectivity index (χ1v) is 8.13. The van der Waals surface area contributed by atoms with E-state index in [1.807, 2.05) is 18.2 Å². The van der Waals surface area contributed by atoms with E-state index in [4.69, 9.17) is 0 Å². The van der Waals surface area contributed by atoms with Gasteiger partial charge in [0.25, 0.3) is 0 Å². The third-order valence-corrected chi connectivity index (χ3v) is 5.24. The lowest BCUT2D eigenvalue weighted by atomic mass is 9.85. The van der Waals surface area contributed by atoms with Crippen LogP contribution in [-0.4, -0.2) is 34.7 Å². The van der Waals surface area contributed by atoms with Gasteiger partial charge in [-0.05, 0) is 5.56 Å². The summed E-state index contributed by atoms with van der Waals surface area (Å²) in [4.78, 5) is 2.45. The highest BCUT2D eigenvalue weighted by Crippen LogP contribution is 2.41. The fraction of sp³-hybridized carbons (Fsp3) is 0.368.